The van der Waals surface area contributed by atoms with Gasteiger partial charge in [0.1, 0.15) is 0 Å². The van der Waals surface area contributed by atoms with Crippen LogP contribution in [0, 0.1) is 0 Å². The number of hydrogen-bond acceptors (Lipinski definition) is 5. The van der Waals surface area contributed by atoms with Crippen LogP contribution >= 0.6 is 0 Å². The third-order valence-corrected chi connectivity index (χ3v) is 6.49. The Labute approximate surface area is 191 Å². The first-order valence-electron chi connectivity index (χ1n) is 11.2. The van der Waals surface area contributed by atoms with Gasteiger partial charge in [-0.05, 0) is 24.6 Å². The number of ether oxygens (including phenoxy) is 1. The number of pyridine rings is 2. The first-order chi connectivity index (χ1) is 16.0. The number of aromatic nitrogens is 2. The molecule has 0 unspecified atom stereocenters. The predicted octanol–water partition coefficient (Wildman–Crippen LogP) is 2.04. The van der Waals surface area contributed by atoms with Crippen LogP contribution in [0.1, 0.15) is 38.7 Å². The lowest BCUT2D eigenvalue weighted by Crippen LogP contribution is -2.40. The van der Waals surface area contributed by atoms with Gasteiger partial charge in [-0.3, -0.25) is 19.4 Å². The first kappa shape index (κ1) is 21.3. The molecule has 2 saturated heterocycles. The zero-order chi connectivity index (χ0) is 22.9. The zero-order valence-electron chi connectivity index (χ0n) is 18.6. The zero-order valence-corrected chi connectivity index (χ0v) is 18.6. The largest absolute Gasteiger partial charge is 0.378 e. The van der Waals surface area contributed by atoms with Crippen molar-refractivity contribution in [3.63, 3.8) is 0 Å². The second kappa shape index (κ2) is 8.78. The van der Waals surface area contributed by atoms with Gasteiger partial charge in [-0.2, -0.15) is 0 Å². The number of morpholine rings is 1. The van der Waals surface area contributed by atoms with Crippen molar-refractivity contribution >= 4 is 22.7 Å². The Morgan fingerprint density at radius 3 is 2.58 bits per heavy atom. The minimum atomic E-state index is -0.149. The number of para-hydroxylation sites is 1. The average molecular weight is 447 g/mol. The molecule has 2 aliphatic heterocycles. The maximum Gasteiger partial charge on any atom is 0.255 e. The minimum Gasteiger partial charge on any atom is -0.378 e. The van der Waals surface area contributed by atoms with Crippen molar-refractivity contribution in [2.75, 3.05) is 39.4 Å². The fraction of sp³-hybridized carbons (Fsp3) is 0.360. The summed E-state index contributed by atoms with van der Waals surface area (Å²) in [6.07, 6.45) is 2.35. The maximum atomic E-state index is 13.3. The molecule has 2 fully saturated rings. The summed E-state index contributed by atoms with van der Waals surface area (Å²) < 4.78 is 6.81. The van der Waals surface area contributed by atoms with Crippen molar-refractivity contribution in [2.45, 2.75) is 12.3 Å². The molecule has 8 nitrogen and oxygen atoms in total. The summed E-state index contributed by atoms with van der Waals surface area (Å²) in [7, 11) is 1.64. The fourth-order valence-electron chi connectivity index (χ4n) is 4.61. The summed E-state index contributed by atoms with van der Waals surface area (Å²) in [5.74, 6) is -0.0601. The fourth-order valence-corrected chi connectivity index (χ4v) is 4.61. The molecule has 0 saturated carbocycles. The SMILES string of the molecule is Cn1cc(C(=O)N2CC[C@H](c3cc(C(=O)N4CCOCC4)c4ccccc4n3)C2)ccc1=O. The van der Waals surface area contributed by atoms with E-state index in [0.29, 0.717) is 50.5 Å². The minimum absolute atomic E-state index is 0.00529. The normalized spacial score (nSPS) is 18.6. The Morgan fingerprint density at radius 2 is 1.79 bits per heavy atom. The lowest BCUT2D eigenvalue weighted by molar-refractivity contribution is 0.0304. The molecule has 170 valence electrons. The molecule has 0 spiro atoms. The van der Waals surface area contributed by atoms with Crippen LogP contribution in [0.5, 0.6) is 0 Å². The van der Waals surface area contributed by atoms with Crippen LogP contribution in [0.3, 0.4) is 0 Å². The number of amides is 2. The Morgan fingerprint density at radius 1 is 1.00 bits per heavy atom. The number of fused-ring (bicyclic) bond motifs is 1. The molecule has 8 heteroatoms. The van der Waals surface area contributed by atoms with Gasteiger partial charge in [0.2, 0.25) is 5.56 Å². The summed E-state index contributed by atoms with van der Waals surface area (Å²) in [5.41, 5.74) is 2.62. The van der Waals surface area contributed by atoms with Crippen molar-refractivity contribution < 1.29 is 14.3 Å². The standard InChI is InChI=1S/C25H26N4O4/c1-27-15-18(6-7-23(27)30)24(31)29-9-8-17(16-29)22-14-20(19-4-2-3-5-21(19)26-22)25(32)28-10-12-33-13-11-28/h2-7,14-15,17H,8-13,16H2,1H3/t17-/m0/s1. The van der Waals surface area contributed by atoms with Crippen LogP contribution in [0.4, 0.5) is 0 Å². The molecule has 2 amide bonds. The molecule has 5 rings (SSSR count). The van der Waals surface area contributed by atoms with E-state index in [1.54, 1.807) is 24.2 Å². The number of likely N-dealkylation sites (tertiary alicyclic amines) is 1. The number of carbonyl (C=O) groups is 2. The molecule has 1 aromatic carbocycles. The van der Waals surface area contributed by atoms with Gasteiger partial charge in [0, 0.05) is 62.5 Å². The topological polar surface area (TPSA) is 84.7 Å². The molecule has 33 heavy (non-hydrogen) atoms. The number of aryl methyl sites for hydroxylation is 1. The highest BCUT2D eigenvalue weighted by Crippen LogP contribution is 2.30. The van der Waals surface area contributed by atoms with E-state index in [9.17, 15) is 14.4 Å². The highest BCUT2D eigenvalue weighted by Gasteiger charge is 2.30. The summed E-state index contributed by atoms with van der Waals surface area (Å²) in [6, 6.07) is 12.6. The number of benzene rings is 1. The number of nitrogens with zero attached hydrogens (tertiary/aromatic N) is 4. The van der Waals surface area contributed by atoms with Crippen LogP contribution in [-0.4, -0.2) is 70.6 Å². The van der Waals surface area contributed by atoms with E-state index in [0.717, 1.165) is 23.0 Å². The van der Waals surface area contributed by atoms with Crippen molar-refractivity contribution in [2.24, 2.45) is 7.05 Å². The quantitative estimate of drug-likeness (QED) is 0.615. The molecule has 2 aliphatic rings. The molecule has 0 N–H and O–H groups in total. The number of hydrogen-bond donors (Lipinski definition) is 0. The van der Waals surface area contributed by atoms with Crippen molar-refractivity contribution in [3.05, 3.63) is 75.8 Å². The molecule has 4 heterocycles. The van der Waals surface area contributed by atoms with Crippen LogP contribution < -0.4 is 5.56 Å². The average Bonchev–Trinajstić information content (AvgIpc) is 3.35. The summed E-state index contributed by atoms with van der Waals surface area (Å²) >= 11 is 0. The summed E-state index contributed by atoms with van der Waals surface area (Å²) in [4.78, 5) is 46.5. The van der Waals surface area contributed by atoms with E-state index in [2.05, 4.69) is 0 Å². The second-order valence-electron chi connectivity index (χ2n) is 8.62. The molecule has 1 atom stereocenters. The van der Waals surface area contributed by atoms with E-state index < -0.39 is 0 Å². The molecular weight excluding hydrogens is 420 g/mol. The Bertz CT molecular complexity index is 1280. The van der Waals surface area contributed by atoms with Gasteiger partial charge in [0.15, 0.2) is 0 Å². The molecule has 0 aliphatic carbocycles. The van der Waals surface area contributed by atoms with Gasteiger partial charge in [0.25, 0.3) is 11.8 Å². The van der Waals surface area contributed by atoms with Crippen LogP contribution in [-0.2, 0) is 11.8 Å². The Kier molecular flexibility index (Phi) is 5.68. The highest BCUT2D eigenvalue weighted by molar-refractivity contribution is 6.06. The monoisotopic (exact) mass is 446 g/mol. The van der Waals surface area contributed by atoms with Gasteiger partial charge in [-0.25, -0.2) is 0 Å². The number of rotatable bonds is 3. The lowest BCUT2D eigenvalue weighted by Gasteiger charge is -2.27. The molecule has 2 aromatic heterocycles. The highest BCUT2D eigenvalue weighted by atomic mass is 16.5. The summed E-state index contributed by atoms with van der Waals surface area (Å²) in [6.45, 7) is 3.39. The third kappa shape index (κ3) is 4.14. The summed E-state index contributed by atoms with van der Waals surface area (Å²) in [5, 5.41) is 0.842. The van der Waals surface area contributed by atoms with Crippen molar-refractivity contribution in [1.82, 2.24) is 19.4 Å². The van der Waals surface area contributed by atoms with Crippen LogP contribution in [0.25, 0.3) is 10.9 Å². The van der Waals surface area contributed by atoms with Crippen LogP contribution in [0.15, 0.2) is 53.5 Å². The van der Waals surface area contributed by atoms with E-state index >= 15 is 0 Å². The predicted molar refractivity (Wildman–Crippen MR) is 123 cm³/mol. The second-order valence-corrected chi connectivity index (χ2v) is 8.62. The smallest absolute Gasteiger partial charge is 0.255 e. The maximum absolute atomic E-state index is 13.3. The first-order valence-corrected chi connectivity index (χ1v) is 11.2. The molecular formula is C25H26N4O4. The third-order valence-electron chi connectivity index (χ3n) is 6.49. The number of carbonyl (C=O) groups excluding carboxylic acids is 2. The van der Waals surface area contributed by atoms with Gasteiger partial charge in [0.05, 0.1) is 29.9 Å². The lowest BCUT2D eigenvalue weighted by atomic mass is 9.99. The molecule has 0 bridgehead atoms. The van der Waals surface area contributed by atoms with Crippen molar-refractivity contribution in [3.8, 4) is 0 Å². The van der Waals surface area contributed by atoms with Gasteiger partial charge in [-0.15, -0.1) is 0 Å². The van der Waals surface area contributed by atoms with Gasteiger partial charge in [-0.1, -0.05) is 18.2 Å². The van der Waals surface area contributed by atoms with E-state index in [1.807, 2.05) is 35.2 Å². The molecule has 3 aromatic rings. The van der Waals surface area contributed by atoms with Crippen molar-refractivity contribution in [1.29, 1.82) is 0 Å². The molecule has 0 radical (unpaired) electrons. The van der Waals surface area contributed by atoms with E-state index in [4.69, 9.17) is 9.72 Å². The van der Waals surface area contributed by atoms with Gasteiger partial charge < -0.3 is 19.1 Å². The van der Waals surface area contributed by atoms with E-state index in [1.165, 1.54) is 10.6 Å². The Hall–Kier alpha value is -3.52. The Balaban J connectivity index is 1.43. The van der Waals surface area contributed by atoms with Gasteiger partial charge >= 0.3 is 0 Å². The van der Waals surface area contributed by atoms with Crippen LogP contribution in [0.2, 0.25) is 0 Å². The van der Waals surface area contributed by atoms with E-state index in [-0.39, 0.29) is 23.3 Å².